The summed E-state index contributed by atoms with van der Waals surface area (Å²) in [6.45, 7) is 6.48. The largest absolute Gasteiger partial charge is 0.327 e. The first kappa shape index (κ1) is 15.1. The molecule has 1 heterocycles. The smallest absolute Gasteiger partial charge is 0.0454 e. The number of rotatable bonds is 3. The van der Waals surface area contributed by atoms with E-state index in [1.165, 1.54) is 0 Å². The highest BCUT2D eigenvalue weighted by Gasteiger charge is 2.29. The molecule has 4 heteroatoms. The van der Waals surface area contributed by atoms with Crippen LogP contribution in [0.3, 0.4) is 0 Å². The zero-order chi connectivity index (χ0) is 14.0. The van der Waals surface area contributed by atoms with Crippen LogP contribution in [0, 0.1) is 5.92 Å². The SMILES string of the molecule is CCC1CN(C(C)c2cc(Cl)ccc2Cl)CCC1N. The van der Waals surface area contributed by atoms with Crippen molar-refractivity contribution in [3.63, 3.8) is 0 Å². The van der Waals surface area contributed by atoms with E-state index in [1.807, 2.05) is 18.2 Å². The van der Waals surface area contributed by atoms with E-state index in [4.69, 9.17) is 28.9 Å². The Bertz CT molecular complexity index is 436. The van der Waals surface area contributed by atoms with Crippen molar-refractivity contribution in [1.29, 1.82) is 0 Å². The Morgan fingerprint density at radius 1 is 1.42 bits per heavy atom. The Morgan fingerprint density at radius 2 is 2.16 bits per heavy atom. The van der Waals surface area contributed by atoms with E-state index in [2.05, 4.69) is 18.7 Å². The van der Waals surface area contributed by atoms with Gasteiger partial charge in [0, 0.05) is 35.2 Å². The summed E-state index contributed by atoms with van der Waals surface area (Å²) in [5.74, 6) is 0.578. The van der Waals surface area contributed by atoms with Gasteiger partial charge in [-0.05, 0) is 43.0 Å². The van der Waals surface area contributed by atoms with Gasteiger partial charge in [-0.1, -0.05) is 36.5 Å². The van der Waals surface area contributed by atoms with Crippen molar-refractivity contribution in [1.82, 2.24) is 4.90 Å². The summed E-state index contributed by atoms with van der Waals surface area (Å²) in [5.41, 5.74) is 7.28. The summed E-state index contributed by atoms with van der Waals surface area (Å²) >= 11 is 12.4. The fourth-order valence-corrected chi connectivity index (χ4v) is 3.35. The third-order valence-corrected chi connectivity index (χ3v) is 4.88. The summed E-state index contributed by atoms with van der Waals surface area (Å²) < 4.78 is 0. The number of benzene rings is 1. The summed E-state index contributed by atoms with van der Waals surface area (Å²) in [6, 6.07) is 6.31. The Kier molecular flexibility index (Phi) is 5.13. The van der Waals surface area contributed by atoms with Crippen LogP contribution in [-0.4, -0.2) is 24.0 Å². The Balaban J connectivity index is 2.15. The molecule has 2 rings (SSSR count). The molecule has 0 bridgehead atoms. The highest BCUT2D eigenvalue weighted by Crippen LogP contribution is 2.32. The van der Waals surface area contributed by atoms with Gasteiger partial charge in [0.05, 0.1) is 0 Å². The van der Waals surface area contributed by atoms with Gasteiger partial charge in [0.25, 0.3) is 0 Å². The normalized spacial score (nSPS) is 26.4. The third kappa shape index (κ3) is 3.43. The number of nitrogens with zero attached hydrogens (tertiary/aromatic N) is 1. The molecule has 0 amide bonds. The maximum Gasteiger partial charge on any atom is 0.0454 e. The molecule has 0 radical (unpaired) electrons. The average molecular weight is 301 g/mol. The predicted molar refractivity (Wildman–Crippen MR) is 82.8 cm³/mol. The second-order valence-corrected chi connectivity index (χ2v) is 6.30. The Morgan fingerprint density at radius 3 is 2.84 bits per heavy atom. The summed E-state index contributed by atoms with van der Waals surface area (Å²) in [7, 11) is 0. The number of halogens is 2. The maximum atomic E-state index is 6.30. The molecule has 1 aliphatic heterocycles. The molecule has 2 nitrogen and oxygen atoms in total. The van der Waals surface area contributed by atoms with Gasteiger partial charge in [0.15, 0.2) is 0 Å². The molecule has 2 N–H and O–H groups in total. The zero-order valence-electron chi connectivity index (χ0n) is 11.6. The lowest BCUT2D eigenvalue weighted by molar-refractivity contribution is 0.114. The molecular weight excluding hydrogens is 279 g/mol. The fraction of sp³-hybridized carbons (Fsp3) is 0.600. The number of piperidine rings is 1. The minimum atomic E-state index is 0.285. The van der Waals surface area contributed by atoms with E-state index >= 15 is 0 Å². The molecule has 0 spiro atoms. The Labute approximate surface area is 125 Å². The predicted octanol–water partition coefficient (Wildman–Crippen LogP) is 4.11. The van der Waals surface area contributed by atoms with Crippen molar-refractivity contribution >= 4 is 23.2 Å². The molecule has 0 aliphatic carbocycles. The molecule has 1 saturated heterocycles. The van der Waals surface area contributed by atoms with Crippen LogP contribution in [-0.2, 0) is 0 Å². The Hall–Kier alpha value is -0.280. The van der Waals surface area contributed by atoms with Crippen LogP contribution in [0.5, 0.6) is 0 Å². The van der Waals surface area contributed by atoms with Gasteiger partial charge < -0.3 is 5.73 Å². The molecule has 1 aliphatic rings. The standard InChI is InChI=1S/C15H22Cl2N2/c1-3-11-9-19(7-6-15(11)18)10(2)13-8-12(16)4-5-14(13)17/h4-5,8,10-11,15H,3,6-7,9,18H2,1-2H3. The van der Waals surface area contributed by atoms with Crippen LogP contribution in [0.25, 0.3) is 0 Å². The molecule has 3 unspecified atom stereocenters. The highest BCUT2D eigenvalue weighted by molar-refractivity contribution is 6.33. The van der Waals surface area contributed by atoms with Gasteiger partial charge in [-0.3, -0.25) is 4.90 Å². The lowest BCUT2D eigenvalue weighted by Gasteiger charge is -2.40. The van der Waals surface area contributed by atoms with Crippen molar-refractivity contribution in [2.45, 2.75) is 38.8 Å². The summed E-state index contributed by atoms with van der Waals surface area (Å²) in [4.78, 5) is 2.47. The second-order valence-electron chi connectivity index (χ2n) is 5.46. The number of hydrogen-bond acceptors (Lipinski definition) is 2. The monoisotopic (exact) mass is 300 g/mol. The lowest BCUT2D eigenvalue weighted by atomic mass is 9.89. The molecule has 1 aromatic carbocycles. The lowest BCUT2D eigenvalue weighted by Crippen LogP contribution is -2.47. The van der Waals surface area contributed by atoms with Gasteiger partial charge in [0.1, 0.15) is 0 Å². The van der Waals surface area contributed by atoms with Crippen molar-refractivity contribution in [2.75, 3.05) is 13.1 Å². The number of likely N-dealkylation sites (tertiary alicyclic amines) is 1. The molecular formula is C15H22Cl2N2. The van der Waals surface area contributed by atoms with E-state index in [0.717, 1.165) is 41.5 Å². The molecule has 3 atom stereocenters. The van der Waals surface area contributed by atoms with Crippen LogP contribution in [0.1, 0.15) is 38.3 Å². The van der Waals surface area contributed by atoms with Crippen molar-refractivity contribution in [3.05, 3.63) is 33.8 Å². The first-order valence-corrected chi connectivity index (χ1v) is 7.73. The van der Waals surface area contributed by atoms with Crippen LogP contribution in [0.2, 0.25) is 10.0 Å². The van der Waals surface area contributed by atoms with E-state index in [9.17, 15) is 0 Å². The van der Waals surface area contributed by atoms with Crippen molar-refractivity contribution < 1.29 is 0 Å². The minimum absolute atomic E-state index is 0.285. The van der Waals surface area contributed by atoms with Gasteiger partial charge in [-0.2, -0.15) is 0 Å². The molecule has 1 fully saturated rings. The van der Waals surface area contributed by atoms with E-state index in [-0.39, 0.29) is 6.04 Å². The van der Waals surface area contributed by atoms with Crippen LogP contribution < -0.4 is 5.73 Å². The number of hydrogen-bond donors (Lipinski definition) is 1. The molecule has 0 aromatic heterocycles. The first-order chi connectivity index (χ1) is 9.02. The van der Waals surface area contributed by atoms with Crippen molar-refractivity contribution in [2.24, 2.45) is 11.7 Å². The van der Waals surface area contributed by atoms with Crippen LogP contribution in [0.15, 0.2) is 18.2 Å². The van der Waals surface area contributed by atoms with E-state index < -0.39 is 0 Å². The highest BCUT2D eigenvalue weighted by atomic mass is 35.5. The van der Waals surface area contributed by atoms with Gasteiger partial charge in [0.2, 0.25) is 0 Å². The average Bonchev–Trinajstić information content (AvgIpc) is 2.41. The zero-order valence-corrected chi connectivity index (χ0v) is 13.1. The number of nitrogens with two attached hydrogens (primary N) is 1. The fourth-order valence-electron chi connectivity index (χ4n) is 2.89. The first-order valence-electron chi connectivity index (χ1n) is 6.97. The topological polar surface area (TPSA) is 29.3 Å². The van der Waals surface area contributed by atoms with Crippen LogP contribution in [0.4, 0.5) is 0 Å². The summed E-state index contributed by atoms with van der Waals surface area (Å²) in [5, 5.41) is 1.53. The quantitative estimate of drug-likeness (QED) is 0.910. The van der Waals surface area contributed by atoms with E-state index in [0.29, 0.717) is 12.0 Å². The van der Waals surface area contributed by atoms with E-state index in [1.54, 1.807) is 0 Å². The van der Waals surface area contributed by atoms with Gasteiger partial charge >= 0.3 is 0 Å². The van der Waals surface area contributed by atoms with Crippen molar-refractivity contribution in [3.8, 4) is 0 Å². The minimum Gasteiger partial charge on any atom is -0.327 e. The summed E-state index contributed by atoms with van der Waals surface area (Å²) in [6.07, 6.45) is 2.19. The molecule has 19 heavy (non-hydrogen) atoms. The van der Waals surface area contributed by atoms with Gasteiger partial charge in [-0.15, -0.1) is 0 Å². The molecule has 106 valence electrons. The molecule has 0 saturated carbocycles. The molecule has 1 aromatic rings. The van der Waals surface area contributed by atoms with Gasteiger partial charge in [-0.25, -0.2) is 0 Å². The van der Waals surface area contributed by atoms with Crippen LogP contribution >= 0.6 is 23.2 Å². The second kappa shape index (κ2) is 6.45. The maximum absolute atomic E-state index is 6.30. The third-order valence-electron chi connectivity index (χ3n) is 4.30.